The highest BCUT2D eigenvalue weighted by molar-refractivity contribution is 7.11. The van der Waals surface area contributed by atoms with Gasteiger partial charge in [-0.3, -0.25) is 0 Å². The predicted molar refractivity (Wildman–Crippen MR) is 81.3 cm³/mol. The van der Waals surface area contributed by atoms with Crippen molar-refractivity contribution < 1.29 is 4.74 Å². The third kappa shape index (κ3) is 5.28. The van der Waals surface area contributed by atoms with E-state index in [0.717, 1.165) is 12.8 Å². The number of aromatic nitrogens is 2. The first-order valence-electron chi connectivity index (χ1n) is 6.86. The molecule has 0 fully saturated rings. The number of hydrogen-bond donors (Lipinski definition) is 0. The summed E-state index contributed by atoms with van der Waals surface area (Å²) in [5.41, 5.74) is 0. The molecule has 3 nitrogen and oxygen atoms in total. The van der Waals surface area contributed by atoms with Crippen molar-refractivity contribution in [2.45, 2.75) is 45.4 Å². The fourth-order valence-corrected chi connectivity index (χ4v) is 3.35. The molecule has 0 bridgehead atoms. The van der Waals surface area contributed by atoms with Crippen LogP contribution in [0.5, 0.6) is 5.88 Å². The van der Waals surface area contributed by atoms with E-state index in [-0.39, 0.29) is 0 Å². The molecule has 5 heteroatoms. The largest absolute Gasteiger partial charge is 0.476 e. The summed E-state index contributed by atoms with van der Waals surface area (Å²) < 4.78 is 13.4. The van der Waals surface area contributed by atoms with Crippen LogP contribution in [0.3, 0.4) is 0 Å². The zero-order chi connectivity index (χ0) is 13.3. The minimum atomic E-state index is 0.649. The van der Waals surface area contributed by atoms with E-state index >= 15 is 0 Å². The van der Waals surface area contributed by atoms with Crippen molar-refractivity contribution in [1.82, 2.24) is 8.75 Å². The van der Waals surface area contributed by atoms with Crippen molar-refractivity contribution in [2.75, 3.05) is 6.61 Å². The average molecular weight is 296 g/mol. The third-order valence-corrected chi connectivity index (χ3v) is 4.57. The highest BCUT2D eigenvalue weighted by Crippen LogP contribution is 2.20. The number of hydrogen-bond acceptors (Lipinski definition) is 5. The number of aryl methyl sites for hydroxylation is 2. The van der Waals surface area contributed by atoms with E-state index in [2.05, 4.69) is 27.8 Å². The summed E-state index contributed by atoms with van der Waals surface area (Å²) in [5, 5.41) is 0. The lowest BCUT2D eigenvalue weighted by molar-refractivity contribution is 0.302. The van der Waals surface area contributed by atoms with Crippen LogP contribution >= 0.6 is 23.1 Å². The van der Waals surface area contributed by atoms with Gasteiger partial charge in [0.05, 0.1) is 18.3 Å². The molecule has 0 aliphatic heterocycles. The van der Waals surface area contributed by atoms with Gasteiger partial charge in [0.25, 0.3) is 0 Å². The molecule has 0 aromatic carbocycles. The lowest BCUT2D eigenvalue weighted by atomic mass is 10.2. The van der Waals surface area contributed by atoms with E-state index in [1.165, 1.54) is 47.2 Å². The molecule has 2 heterocycles. The summed E-state index contributed by atoms with van der Waals surface area (Å²) in [7, 11) is 0. The van der Waals surface area contributed by atoms with Crippen LogP contribution in [0.2, 0.25) is 0 Å². The Morgan fingerprint density at radius 2 is 1.89 bits per heavy atom. The molecule has 0 saturated carbocycles. The second-order valence-electron chi connectivity index (χ2n) is 4.52. The molecule has 0 aliphatic rings. The van der Waals surface area contributed by atoms with Gasteiger partial charge in [0.2, 0.25) is 5.88 Å². The van der Waals surface area contributed by atoms with E-state index in [1.54, 1.807) is 6.20 Å². The Bertz CT molecular complexity index is 454. The van der Waals surface area contributed by atoms with Crippen LogP contribution in [0.1, 0.15) is 42.4 Å². The molecule has 0 aliphatic carbocycles. The maximum absolute atomic E-state index is 5.50. The maximum Gasteiger partial charge on any atom is 0.245 e. The van der Waals surface area contributed by atoms with Crippen molar-refractivity contribution in [3.63, 3.8) is 0 Å². The Labute approximate surface area is 123 Å². The zero-order valence-corrected chi connectivity index (χ0v) is 12.9. The van der Waals surface area contributed by atoms with Gasteiger partial charge in [-0.1, -0.05) is 19.8 Å². The molecule has 2 rings (SSSR count). The normalized spacial score (nSPS) is 10.8. The Morgan fingerprint density at radius 1 is 1.11 bits per heavy atom. The van der Waals surface area contributed by atoms with Crippen molar-refractivity contribution in [2.24, 2.45) is 0 Å². The monoisotopic (exact) mass is 296 g/mol. The average Bonchev–Trinajstić information content (AvgIpc) is 3.06. The van der Waals surface area contributed by atoms with Gasteiger partial charge < -0.3 is 4.74 Å². The number of thiophene rings is 1. The highest BCUT2D eigenvalue weighted by atomic mass is 32.1. The fraction of sp³-hybridized carbons (Fsp3) is 0.571. The Kier molecular flexibility index (Phi) is 6.30. The third-order valence-electron chi connectivity index (χ3n) is 2.90. The predicted octanol–water partition coefficient (Wildman–Crippen LogP) is 4.34. The molecule has 0 saturated heterocycles. The topological polar surface area (TPSA) is 35.0 Å². The van der Waals surface area contributed by atoms with Crippen molar-refractivity contribution in [1.29, 1.82) is 0 Å². The number of ether oxygens (including phenoxy) is 1. The molecule has 2 aromatic rings. The molecular formula is C14H20N2OS2. The van der Waals surface area contributed by atoms with Crippen LogP contribution in [0, 0.1) is 0 Å². The number of nitrogens with zero attached hydrogens (tertiary/aromatic N) is 2. The van der Waals surface area contributed by atoms with Crippen LogP contribution in [-0.4, -0.2) is 15.4 Å². The van der Waals surface area contributed by atoms with Crippen LogP contribution in [-0.2, 0) is 12.8 Å². The van der Waals surface area contributed by atoms with Crippen molar-refractivity contribution >= 4 is 23.1 Å². The summed E-state index contributed by atoms with van der Waals surface area (Å²) in [6.07, 6.45) is 8.98. The minimum Gasteiger partial charge on any atom is -0.476 e. The molecule has 0 N–H and O–H groups in total. The van der Waals surface area contributed by atoms with Gasteiger partial charge in [-0.05, 0) is 37.8 Å². The van der Waals surface area contributed by atoms with Crippen LogP contribution in [0.4, 0.5) is 0 Å². The lowest BCUT2D eigenvalue weighted by Gasteiger charge is -2.00. The van der Waals surface area contributed by atoms with Crippen molar-refractivity contribution in [3.8, 4) is 5.88 Å². The first kappa shape index (κ1) is 14.5. The van der Waals surface area contributed by atoms with Crippen LogP contribution in [0.15, 0.2) is 18.3 Å². The van der Waals surface area contributed by atoms with Gasteiger partial charge >= 0.3 is 0 Å². The first-order chi connectivity index (χ1) is 9.38. The standard InChI is InChI=1S/C14H20N2OS2/c1-2-3-4-6-12-8-9-13(18-12)7-5-10-17-14-11-15-19-16-14/h8-9,11H,2-7,10H2,1H3. The van der Waals surface area contributed by atoms with Gasteiger partial charge in [-0.15, -0.1) is 15.7 Å². The minimum absolute atomic E-state index is 0.649. The quantitative estimate of drug-likeness (QED) is 0.645. The first-order valence-corrected chi connectivity index (χ1v) is 8.41. The summed E-state index contributed by atoms with van der Waals surface area (Å²) >= 11 is 3.13. The van der Waals surface area contributed by atoms with E-state index < -0.39 is 0 Å². The fourth-order valence-electron chi connectivity index (χ4n) is 1.88. The SMILES string of the molecule is CCCCCc1ccc(CCCOc2cnsn2)s1. The zero-order valence-electron chi connectivity index (χ0n) is 11.3. The van der Waals surface area contributed by atoms with Crippen molar-refractivity contribution in [3.05, 3.63) is 28.1 Å². The van der Waals surface area contributed by atoms with E-state index in [9.17, 15) is 0 Å². The number of unbranched alkanes of at least 4 members (excludes halogenated alkanes) is 2. The van der Waals surface area contributed by atoms with Crippen LogP contribution in [0.25, 0.3) is 0 Å². The Balaban J connectivity index is 1.63. The van der Waals surface area contributed by atoms with Gasteiger partial charge in [-0.25, -0.2) is 0 Å². The Morgan fingerprint density at radius 3 is 2.58 bits per heavy atom. The second kappa shape index (κ2) is 8.27. The summed E-state index contributed by atoms with van der Waals surface area (Å²) in [6, 6.07) is 4.54. The molecule has 0 unspecified atom stereocenters. The summed E-state index contributed by atoms with van der Waals surface area (Å²) in [5.74, 6) is 0.649. The molecule has 0 atom stereocenters. The van der Waals surface area contributed by atoms with Gasteiger partial charge in [0.1, 0.15) is 6.20 Å². The highest BCUT2D eigenvalue weighted by Gasteiger charge is 2.01. The van der Waals surface area contributed by atoms with Crippen LogP contribution < -0.4 is 4.74 Å². The maximum atomic E-state index is 5.50. The summed E-state index contributed by atoms with van der Waals surface area (Å²) in [4.78, 5) is 2.99. The lowest BCUT2D eigenvalue weighted by Crippen LogP contribution is -1.98. The molecule has 19 heavy (non-hydrogen) atoms. The molecule has 0 amide bonds. The molecular weight excluding hydrogens is 276 g/mol. The van der Waals surface area contributed by atoms with Gasteiger partial charge in [0, 0.05) is 9.75 Å². The molecule has 2 aromatic heterocycles. The second-order valence-corrected chi connectivity index (χ2v) is 6.33. The van der Waals surface area contributed by atoms with E-state index in [4.69, 9.17) is 4.74 Å². The molecule has 0 spiro atoms. The van der Waals surface area contributed by atoms with Gasteiger partial charge in [-0.2, -0.15) is 4.37 Å². The van der Waals surface area contributed by atoms with E-state index in [0.29, 0.717) is 12.5 Å². The molecule has 0 radical (unpaired) electrons. The summed E-state index contributed by atoms with van der Waals surface area (Å²) in [6.45, 7) is 2.96. The van der Waals surface area contributed by atoms with E-state index in [1.807, 2.05) is 11.3 Å². The Hall–Kier alpha value is -0.940. The smallest absolute Gasteiger partial charge is 0.245 e. The number of rotatable bonds is 9. The molecule has 104 valence electrons. The van der Waals surface area contributed by atoms with Gasteiger partial charge in [0.15, 0.2) is 0 Å².